The summed E-state index contributed by atoms with van der Waals surface area (Å²) in [6, 6.07) is 4.21. The van der Waals surface area contributed by atoms with Gasteiger partial charge in [-0.05, 0) is 12.1 Å². The van der Waals surface area contributed by atoms with E-state index >= 15 is 0 Å². The molecule has 1 heterocycles. The molecule has 0 unspecified atom stereocenters. The van der Waals surface area contributed by atoms with Crippen molar-refractivity contribution in [2.45, 2.75) is 12.8 Å². The molecule has 0 bridgehead atoms. The normalized spacial score (nSPS) is 15.4. The third kappa shape index (κ3) is 3.65. The van der Waals surface area contributed by atoms with E-state index in [1.165, 1.54) is 23.1 Å². The minimum absolute atomic E-state index is 0.183. The highest BCUT2D eigenvalue weighted by atomic mass is 35.5. The van der Waals surface area contributed by atoms with Crippen LogP contribution in [0.1, 0.15) is 12.8 Å². The summed E-state index contributed by atoms with van der Waals surface area (Å²) >= 11 is 5.71. The van der Waals surface area contributed by atoms with Crippen molar-refractivity contribution in [1.82, 2.24) is 0 Å². The quantitative estimate of drug-likeness (QED) is 0.636. The first kappa shape index (κ1) is 13.8. The summed E-state index contributed by atoms with van der Waals surface area (Å²) in [7, 11) is 0. The zero-order valence-corrected chi connectivity index (χ0v) is 11.1. The van der Waals surface area contributed by atoms with Crippen LogP contribution in [-0.4, -0.2) is 30.5 Å². The van der Waals surface area contributed by atoms with Crippen LogP contribution < -0.4 is 10.2 Å². The molecule has 2 N–H and O–H groups in total. The molecule has 7 heteroatoms. The number of nitro benzene ring substituents is 1. The summed E-state index contributed by atoms with van der Waals surface area (Å²) < 4.78 is 0. The Bertz CT molecular complexity index is 501. The van der Waals surface area contributed by atoms with Gasteiger partial charge in [0, 0.05) is 23.9 Å². The maximum atomic E-state index is 11.8. The van der Waals surface area contributed by atoms with Crippen LogP contribution in [0.3, 0.4) is 0 Å². The predicted molar refractivity (Wildman–Crippen MR) is 71.5 cm³/mol. The number of benzene rings is 1. The predicted octanol–water partition coefficient (Wildman–Crippen LogP) is 0.865. The number of anilines is 1. The van der Waals surface area contributed by atoms with E-state index in [9.17, 15) is 14.9 Å². The van der Waals surface area contributed by atoms with Gasteiger partial charge >= 0.3 is 0 Å². The van der Waals surface area contributed by atoms with Crippen LogP contribution in [-0.2, 0) is 4.79 Å². The monoisotopic (exact) mass is 284 g/mol. The molecule has 1 aromatic carbocycles. The Kier molecular flexibility index (Phi) is 4.34. The number of quaternary nitrogens is 1. The number of rotatable bonds is 4. The molecule has 102 valence electrons. The van der Waals surface area contributed by atoms with E-state index in [1.54, 1.807) is 0 Å². The maximum Gasteiger partial charge on any atom is 0.294 e. The Morgan fingerprint density at radius 3 is 2.74 bits per heavy atom. The van der Waals surface area contributed by atoms with Gasteiger partial charge in [-0.15, -0.1) is 0 Å². The highest BCUT2D eigenvalue weighted by molar-refractivity contribution is 6.31. The fourth-order valence-corrected chi connectivity index (χ4v) is 2.40. The van der Waals surface area contributed by atoms with Crippen molar-refractivity contribution in [2.75, 3.05) is 25.0 Å². The van der Waals surface area contributed by atoms with Gasteiger partial charge in [-0.3, -0.25) is 14.9 Å². The lowest BCUT2D eigenvalue weighted by Gasteiger charge is -2.12. The van der Waals surface area contributed by atoms with Gasteiger partial charge in [0.15, 0.2) is 6.54 Å². The molecule has 0 radical (unpaired) electrons. The Morgan fingerprint density at radius 2 is 2.11 bits per heavy atom. The van der Waals surface area contributed by atoms with Crippen molar-refractivity contribution in [3.63, 3.8) is 0 Å². The number of amides is 1. The summed E-state index contributed by atoms with van der Waals surface area (Å²) in [5, 5.41) is 13.7. The number of nitrogens with zero attached hydrogens (tertiary/aromatic N) is 1. The lowest BCUT2D eigenvalue weighted by molar-refractivity contribution is -0.878. The van der Waals surface area contributed by atoms with E-state index in [0.29, 0.717) is 6.54 Å². The SMILES string of the molecule is O=C(C[NH+]1CCCC1)Nc1ccc(Cl)cc1[N+](=O)[O-]. The lowest BCUT2D eigenvalue weighted by Crippen LogP contribution is -3.11. The third-order valence-corrected chi connectivity index (χ3v) is 3.39. The maximum absolute atomic E-state index is 11.8. The van der Waals surface area contributed by atoms with Crippen LogP contribution in [0.4, 0.5) is 11.4 Å². The number of hydrogen-bond donors (Lipinski definition) is 2. The second-order valence-electron chi connectivity index (χ2n) is 4.60. The van der Waals surface area contributed by atoms with Crippen LogP contribution >= 0.6 is 11.6 Å². The van der Waals surface area contributed by atoms with E-state index in [1.807, 2.05) is 0 Å². The van der Waals surface area contributed by atoms with Gasteiger partial charge in [0.25, 0.3) is 11.6 Å². The molecule has 0 spiro atoms. The van der Waals surface area contributed by atoms with Gasteiger partial charge in [-0.2, -0.15) is 0 Å². The number of halogens is 1. The van der Waals surface area contributed by atoms with E-state index in [2.05, 4.69) is 5.32 Å². The molecule has 1 aliphatic rings. The van der Waals surface area contributed by atoms with Crippen LogP contribution in [0.15, 0.2) is 18.2 Å². The molecule has 0 aliphatic carbocycles. The largest absolute Gasteiger partial charge is 0.327 e. The summed E-state index contributed by atoms with van der Waals surface area (Å²) in [4.78, 5) is 23.4. The number of likely N-dealkylation sites (tertiary alicyclic amines) is 1. The second-order valence-corrected chi connectivity index (χ2v) is 5.04. The zero-order chi connectivity index (χ0) is 13.8. The van der Waals surface area contributed by atoms with Crippen LogP contribution in [0.25, 0.3) is 0 Å². The van der Waals surface area contributed by atoms with Gasteiger partial charge in [0.2, 0.25) is 0 Å². The first-order valence-electron chi connectivity index (χ1n) is 6.13. The average Bonchev–Trinajstić information content (AvgIpc) is 2.83. The van der Waals surface area contributed by atoms with Crippen molar-refractivity contribution in [1.29, 1.82) is 0 Å². The Hall–Kier alpha value is -1.66. The number of carbonyl (C=O) groups is 1. The van der Waals surface area contributed by atoms with Gasteiger partial charge in [-0.25, -0.2) is 0 Å². The zero-order valence-electron chi connectivity index (χ0n) is 10.3. The summed E-state index contributed by atoms with van der Waals surface area (Å²) in [5.41, 5.74) is 0.00951. The van der Waals surface area contributed by atoms with Gasteiger partial charge in [0.1, 0.15) is 5.69 Å². The fourth-order valence-electron chi connectivity index (χ4n) is 2.23. The summed E-state index contributed by atoms with van der Waals surface area (Å²) in [6.45, 7) is 2.31. The molecule has 0 aromatic heterocycles. The highest BCUT2D eigenvalue weighted by Gasteiger charge is 2.21. The van der Waals surface area contributed by atoms with Crippen molar-refractivity contribution in [2.24, 2.45) is 0 Å². The molecule has 1 amide bonds. The van der Waals surface area contributed by atoms with Crippen molar-refractivity contribution >= 4 is 28.9 Å². The first-order valence-corrected chi connectivity index (χ1v) is 6.51. The summed E-state index contributed by atoms with van der Waals surface area (Å²) in [6.07, 6.45) is 2.26. The Morgan fingerprint density at radius 1 is 1.42 bits per heavy atom. The van der Waals surface area contributed by atoms with Crippen LogP contribution in [0.2, 0.25) is 5.02 Å². The van der Waals surface area contributed by atoms with Crippen molar-refractivity contribution < 1.29 is 14.6 Å². The smallest absolute Gasteiger partial charge is 0.294 e. The molecular weight excluding hydrogens is 270 g/mol. The molecule has 1 saturated heterocycles. The molecular formula is C12H15ClN3O3+. The Labute approximate surface area is 115 Å². The lowest BCUT2D eigenvalue weighted by atomic mass is 10.2. The topological polar surface area (TPSA) is 76.7 Å². The van der Waals surface area contributed by atoms with Gasteiger partial charge in [-0.1, -0.05) is 11.6 Å². The van der Waals surface area contributed by atoms with Crippen molar-refractivity contribution in [3.05, 3.63) is 33.3 Å². The van der Waals surface area contributed by atoms with Crippen LogP contribution in [0, 0.1) is 10.1 Å². The third-order valence-electron chi connectivity index (χ3n) is 3.15. The van der Waals surface area contributed by atoms with E-state index in [4.69, 9.17) is 11.6 Å². The summed E-state index contributed by atoms with van der Waals surface area (Å²) in [5.74, 6) is -0.206. The number of carbonyl (C=O) groups excluding carboxylic acids is 1. The van der Waals surface area contributed by atoms with Crippen molar-refractivity contribution in [3.8, 4) is 0 Å². The molecule has 2 rings (SSSR count). The number of nitrogens with one attached hydrogen (secondary N) is 2. The standard InChI is InChI=1S/C12H14ClN3O3/c13-9-3-4-10(11(7-9)16(18)19)14-12(17)8-15-5-1-2-6-15/h3-4,7H,1-2,5-6,8H2,(H,14,17)/p+1. The van der Waals surface area contributed by atoms with Gasteiger partial charge in [0.05, 0.1) is 18.0 Å². The van der Waals surface area contributed by atoms with E-state index in [0.717, 1.165) is 25.9 Å². The fraction of sp³-hybridized carbons (Fsp3) is 0.417. The minimum Gasteiger partial charge on any atom is -0.327 e. The number of nitro groups is 1. The van der Waals surface area contributed by atoms with E-state index in [-0.39, 0.29) is 22.3 Å². The molecule has 1 aromatic rings. The molecule has 0 saturated carbocycles. The second kappa shape index (κ2) is 5.99. The van der Waals surface area contributed by atoms with Gasteiger partial charge < -0.3 is 10.2 Å². The molecule has 1 fully saturated rings. The Balaban J connectivity index is 2.05. The molecule has 19 heavy (non-hydrogen) atoms. The van der Waals surface area contributed by atoms with Crippen LogP contribution in [0.5, 0.6) is 0 Å². The minimum atomic E-state index is -0.551. The van der Waals surface area contributed by atoms with E-state index < -0.39 is 4.92 Å². The molecule has 6 nitrogen and oxygen atoms in total. The number of hydrogen-bond acceptors (Lipinski definition) is 3. The molecule has 1 aliphatic heterocycles. The average molecular weight is 285 g/mol. The first-order chi connectivity index (χ1) is 9.06. The highest BCUT2D eigenvalue weighted by Crippen LogP contribution is 2.27. The molecule has 0 atom stereocenters.